The molecule has 19 heavy (non-hydrogen) atoms. The van der Waals surface area contributed by atoms with Gasteiger partial charge >= 0.3 is 0 Å². The van der Waals surface area contributed by atoms with E-state index >= 15 is 0 Å². The van der Waals surface area contributed by atoms with Crippen molar-refractivity contribution in [2.45, 2.75) is 38.5 Å². The van der Waals surface area contributed by atoms with E-state index in [9.17, 15) is 4.79 Å². The van der Waals surface area contributed by atoms with E-state index in [4.69, 9.17) is 4.52 Å². The summed E-state index contributed by atoms with van der Waals surface area (Å²) >= 11 is 0. The molecule has 0 aliphatic heterocycles. The van der Waals surface area contributed by atoms with E-state index in [2.05, 4.69) is 20.1 Å². The minimum absolute atomic E-state index is 0.185. The fourth-order valence-corrected chi connectivity index (χ4v) is 2.19. The number of hydrogen-bond donors (Lipinski definition) is 0. The highest BCUT2D eigenvalue weighted by Gasteiger charge is 2.25. The van der Waals surface area contributed by atoms with Gasteiger partial charge in [0.15, 0.2) is 0 Å². The van der Waals surface area contributed by atoms with Crippen molar-refractivity contribution in [3.05, 3.63) is 23.8 Å². The lowest BCUT2D eigenvalue weighted by Gasteiger charge is -2.16. The van der Waals surface area contributed by atoms with Crippen LogP contribution >= 0.6 is 0 Å². The topological polar surface area (TPSA) is 81.8 Å². The molecule has 0 atom stereocenters. The summed E-state index contributed by atoms with van der Waals surface area (Å²) in [5.74, 6) is 1.97. The van der Waals surface area contributed by atoms with Crippen LogP contribution in [0, 0.1) is 6.92 Å². The Balaban J connectivity index is 1.79. The van der Waals surface area contributed by atoms with Crippen LogP contribution in [0.1, 0.15) is 43.1 Å². The van der Waals surface area contributed by atoms with Crippen LogP contribution in [-0.2, 0) is 4.79 Å². The van der Waals surface area contributed by atoms with Gasteiger partial charge in [0.25, 0.3) is 0 Å². The van der Waals surface area contributed by atoms with Crippen LogP contribution in [0.25, 0.3) is 11.6 Å². The number of aromatic nitrogens is 4. The van der Waals surface area contributed by atoms with Gasteiger partial charge in [-0.15, -0.1) is 0 Å². The second-order valence-electron chi connectivity index (χ2n) is 4.85. The Kier molecular flexibility index (Phi) is 3.06. The van der Waals surface area contributed by atoms with Crippen molar-refractivity contribution in [1.29, 1.82) is 0 Å². The normalized spacial score (nSPS) is 16.8. The van der Waals surface area contributed by atoms with Gasteiger partial charge in [-0.05, 0) is 25.3 Å². The summed E-state index contributed by atoms with van der Waals surface area (Å²) in [5.41, 5.74) is 0.985. The SMILES string of the molecule is Cc1cnc(-c2noc(C3CCC(=O)CC3)n2)nc1. The van der Waals surface area contributed by atoms with E-state index in [1.54, 1.807) is 12.4 Å². The molecule has 0 bridgehead atoms. The van der Waals surface area contributed by atoms with Crippen molar-refractivity contribution in [3.8, 4) is 11.6 Å². The summed E-state index contributed by atoms with van der Waals surface area (Å²) < 4.78 is 5.27. The molecule has 1 fully saturated rings. The van der Waals surface area contributed by atoms with E-state index in [0.29, 0.717) is 36.2 Å². The molecule has 98 valence electrons. The summed E-state index contributed by atoms with van der Waals surface area (Å²) in [6, 6.07) is 0. The lowest BCUT2D eigenvalue weighted by atomic mass is 9.88. The Hall–Kier alpha value is -2.11. The number of carbonyl (C=O) groups is 1. The summed E-state index contributed by atoms with van der Waals surface area (Å²) in [7, 11) is 0. The average molecular weight is 258 g/mol. The van der Waals surface area contributed by atoms with Crippen LogP contribution in [-0.4, -0.2) is 25.9 Å². The molecule has 2 aromatic heterocycles. The number of Topliss-reactive ketones (excluding diaryl/α,β-unsaturated/α-hetero) is 1. The lowest BCUT2D eigenvalue weighted by molar-refractivity contribution is -0.120. The first-order valence-electron chi connectivity index (χ1n) is 6.36. The zero-order chi connectivity index (χ0) is 13.2. The van der Waals surface area contributed by atoms with Gasteiger partial charge in [0, 0.05) is 31.2 Å². The van der Waals surface area contributed by atoms with Crippen molar-refractivity contribution in [2.75, 3.05) is 0 Å². The van der Waals surface area contributed by atoms with Crippen LogP contribution in [0.3, 0.4) is 0 Å². The van der Waals surface area contributed by atoms with Gasteiger partial charge in [-0.1, -0.05) is 5.16 Å². The molecule has 1 saturated carbocycles. The van der Waals surface area contributed by atoms with Gasteiger partial charge < -0.3 is 4.52 Å². The van der Waals surface area contributed by atoms with Gasteiger partial charge in [0.2, 0.25) is 17.5 Å². The minimum atomic E-state index is 0.185. The summed E-state index contributed by atoms with van der Waals surface area (Å²) in [6.07, 6.45) is 6.21. The van der Waals surface area contributed by atoms with Crippen LogP contribution in [0.4, 0.5) is 0 Å². The predicted octanol–water partition coefficient (Wildman–Crippen LogP) is 2.06. The number of aryl methyl sites for hydroxylation is 1. The quantitative estimate of drug-likeness (QED) is 0.820. The molecule has 0 N–H and O–H groups in total. The first kappa shape index (κ1) is 12.0. The first-order chi connectivity index (χ1) is 9.22. The Bertz CT molecular complexity index is 581. The molecule has 2 heterocycles. The maximum atomic E-state index is 11.2. The molecule has 1 aliphatic carbocycles. The molecule has 0 unspecified atom stereocenters. The third kappa shape index (κ3) is 2.52. The maximum Gasteiger partial charge on any atom is 0.240 e. The Labute approximate surface area is 110 Å². The van der Waals surface area contributed by atoms with Gasteiger partial charge in [0.1, 0.15) is 5.78 Å². The molecular weight excluding hydrogens is 244 g/mol. The van der Waals surface area contributed by atoms with E-state index in [0.717, 1.165) is 18.4 Å². The second kappa shape index (κ2) is 4.87. The van der Waals surface area contributed by atoms with Gasteiger partial charge in [0.05, 0.1) is 0 Å². The van der Waals surface area contributed by atoms with Gasteiger partial charge in [-0.3, -0.25) is 4.79 Å². The second-order valence-corrected chi connectivity index (χ2v) is 4.85. The van der Waals surface area contributed by atoms with Crippen molar-refractivity contribution in [3.63, 3.8) is 0 Å². The summed E-state index contributed by atoms with van der Waals surface area (Å²) in [4.78, 5) is 23.9. The standard InChI is InChI=1S/C13H14N4O2/c1-8-6-14-11(15-7-8)12-16-13(19-17-12)9-2-4-10(18)5-3-9/h6-7,9H,2-5H2,1H3. The highest BCUT2D eigenvalue weighted by Crippen LogP contribution is 2.30. The van der Waals surface area contributed by atoms with Crippen molar-refractivity contribution in [2.24, 2.45) is 0 Å². The third-order valence-electron chi connectivity index (χ3n) is 3.32. The predicted molar refractivity (Wildman–Crippen MR) is 66.3 cm³/mol. The number of nitrogens with zero attached hydrogens (tertiary/aromatic N) is 4. The smallest absolute Gasteiger partial charge is 0.240 e. The fourth-order valence-electron chi connectivity index (χ4n) is 2.19. The number of ketones is 1. The Morgan fingerprint density at radius 1 is 1.16 bits per heavy atom. The van der Waals surface area contributed by atoms with Crippen LogP contribution < -0.4 is 0 Å². The first-order valence-corrected chi connectivity index (χ1v) is 6.36. The number of hydrogen-bond acceptors (Lipinski definition) is 6. The molecule has 0 amide bonds. The van der Waals surface area contributed by atoms with Crippen LogP contribution in [0.15, 0.2) is 16.9 Å². The zero-order valence-electron chi connectivity index (χ0n) is 10.7. The molecule has 6 heteroatoms. The summed E-state index contributed by atoms with van der Waals surface area (Å²) in [5, 5.41) is 3.91. The lowest BCUT2D eigenvalue weighted by Crippen LogP contribution is -2.12. The molecule has 0 saturated heterocycles. The Morgan fingerprint density at radius 3 is 2.53 bits per heavy atom. The van der Waals surface area contributed by atoms with Crippen molar-refractivity contribution < 1.29 is 9.32 Å². The van der Waals surface area contributed by atoms with Gasteiger partial charge in [-0.25, -0.2) is 9.97 Å². The van der Waals surface area contributed by atoms with Crippen LogP contribution in [0.5, 0.6) is 0 Å². The molecule has 2 aromatic rings. The highest BCUT2D eigenvalue weighted by atomic mass is 16.5. The molecule has 1 aliphatic rings. The fraction of sp³-hybridized carbons (Fsp3) is 0.462. The van der Waals surface area contributed by atoms with E-state index in [-0.39, 0.29) is 5.92 Å². The van der Waals surface area contributed by atoms with Crippen molar-refractivity contribution >= 4 is 5.78 Å². The minimum Gasteiger partial charge on any atom is -0.339 e. The number of carbonyl (C=O) groups excluding carboxylic acids is 1. The molecule has 0 aromatic carbocycles. The maximum absolute atomic E-state index is 11.2. The number of rotatable bonds is 2. The Morgan fingerprint density at radius 2 is 1.84 bits per heavy atom. The van der Waals surface area contributed by atoms with Crippen LogP contribution in [0.2, 0.25) is 0 Å². The monoisotopic (exact) mass is 258 g/mol. The zero-order valence-corrected chi connectivity index (χ0v) is 10.7. The molecule has 3 rings (SSSR count). The largest absolute Gasteiger partial charge is 0.339 e. The molecular formula is C13H14N4O2. The van der Waals surface area contributed by atoms with E-state index < -0.39 is 0 Å². The average Bonchev–Trinajstić information content (AvgIpc) is 2.90. The molecule has 0 spiro atoms. The van der Waals surface area contributed by atoms with Gasteiger partial charge in [-0.2, -0.15) is 4.98 Å². The van der Waals surface area contributed by atoms with Crippen molar-refractivity contribution in [1.82, 2.24) is 20.1 Å². The summed E-state index contributed by atoms with van der Waals surface area (Å²) in [6.45, 7) is 1.92. The van der Waals surface area contributed by atoms with E-state index in [1.807, 2.05) is 6.92 Å². The highest BCUT2D eigenvalue weighted by molar-refractivity contribution is 5.79. The molecule has 0 radical (unpaired) electrons. The third-order valence-corrected chi connectivity index (χ3v) is 3.32. The van der Waals surface area contributed by atoms with E-state index in [1.165, 1.54) is 0 Å². The molecule has 6 nitrogen and oxygen atoms in total.